The van der Waals surface area contributed by atoms with Crippen molar-refractivity contribution in [3.05, 3.63) is 47.3 Å². The lowest BCUT2D eigenvalue weighted by Gasteiger charge is -2.15. The van der Waals surface area contributed by atoms with E-state index in [9.17, 15) is 9.59 Å². The highest BCUT2D eigenvalue weighted by Gasteiger charge is 2.19. The number of hydrogen-bond donors (Lipinski definition) is 2. The van der Waals surface area contributed by atoms with Crippen LogP contribution in [0.5, 0.6) is 5.75 Å². The second-order valence-corrected chi connectivity index (χ2v) is 6.75. The second kappa shape index (κ2) is 9.30. The van der Waals surface area contributed by atoms with Crippen LogP contribution in [-0.2, 0) is 0 Å². The van der Waals surface area contributed by atoms with Crippen LogP contribution in [0.1, 0.15) is 21.0 Å². The Labute approximate surface area is 182 Å². The minimum Gasteiger partial charge on any atom is -0.492 e. The van der Waals surface area contributed by atoms with Gasteiger partial charge in [-0.15, -0.1) is 10.2 Å². The molecule has 160 valence electrons. The summed E-state index contributed by atoms with van der Waals surface area (Å²) in [6, 6.07) is 3.15. The molecule has 0 aromatic carbocycles. The zero-order valence-electron chi connectivity index (χ0n) is 17.2. The topological polar surface area (TPSA) is 135 Å². The Morgan fingerprint density at radius 2 is 1.90 bits per heavy atom. The molecular weight excluding hydrogens is 424 g/mol. The number of amides is 2. The Kier molecular flexibility index (Phi) is 6.55. The molecular formula is C19H19ClN8O3. The molecule has 0 aliphatic carbocycles. The maximum absolute atomic E-state index is 12.1. The fraction of sp³-hybridized carbons (Fsp3) is 0.211. The molecule has 0 aliphatic heterocycles. The predicted molar refractivity (Wildman–Crippen MR) is 114 cm³/mol. The SMILES string of the molecule is CNC(=O)c1nnc(Cl)cc1Nc1nccc(-c2cnc(C(=O)N(C)C)cn2)c1OC. The molecule has 0 spiro atoms. The van der Waals surface area contributed by atoms with Crippen LogP contribution in [0.25, 0.3) is 11.3 Å². The summed E-state index contributed by atoms with van der Waals surface area (Å²) >= 11 is 5.95. The highest BCUT2D eigenvalue weighted by atomic mass is 35.5. The fourth-order valence-corrected chi connectivity index (χ4v) is 2.78. The van der Waals surface area contributed by atoms with Gasteiger partial charge in [-0.3, -0.25) is 14.6 Å². The van der Waals surface area contributed by atoms with Gasteiger partial charge in [0.1, 0.15) is 5.69 Å². The number of ether oxygens (including phenoxy) is 1. The number of halogens is 1. The lowest BCUT2D eigenvalue weighted by Crippen LogP contribution is -2.22. The summed E-state index contributed by atoms with van der Waals surface area (Å²) in [6.07, 6.45) is 4.40. The molecule has 3 aromatic rings. The molecule has 0 unspecified atom stereocenters. The van der Waals surface area contributed by atoms with Crippen molar-refractivity contribution in [3.63, 3.8) is 0 Å². The van der Waals surface area contributed by atoms with Crippen molar-refractivity contribution in [2.24, 2.45) is 0 Å². The first-order valence-corrected chi connectivity index (χ1v) is 9.32. The van der Waals surface area contributed by atoms with Gasteiger partial charge in [0.2, 0.25) is 0 Å². The summed E-state index contributed by atoms with van der Waals surface area (Å²) < 4.78 is 5.54. The monoisotopic (exact) mass is 442 g/mol. The molecule has 0 aliphatic rings. The van der Waals surface area contributed by atoms with E-state index in [4.69, 9.17) is 16.3 Å². The summed E-state index contributed by atoms with van der Waals surface area (Å²) in [5.74, 6) is -0.0653. The smallest absolute Gasteiger partial charge is 0.273 e. The van der Waals surface area contributed by atoms with Crippen LogP contribution in [-0.4, -0.2) is 70.1 Å². The van der Waals surface area contributed by atoms with Gasteiger partial charge in [0, 0.05) is 39.0 Å². The highest BCUT2D eigenvalue weighted by molar-refractivity contribution is 6.29. The number of nitrogens with one attached hydrogen (secondary N) is 2. The fourth-order valence-electron chi connectivity index (χ4n) is 2.63. The normalized spacial score (nSPS) is 10.4. The van der Waals surface area contributed by atoms with E-state index in [1.165, 1.54) is 43.7 Å². The molecule has 0 radical (unpaired) electrons. The molecule has 3 rings (SSSR count). The van der Waals surface area contributed by atoms with Crippen molar-refractivity contribution in [1.82, 2.24) is 35.4 Å². The Balaban J connectivity index is 2.01. The predicted octanol–water partition coefficient (Wildman–Crippen LogP) is 1.80. The quantitative estimate of drug-likeness (QED) is 0.585. The number of carbonyl (C=O) groups excluding carboxylic acids is 2. The Hall–Kier alpha value is -3.86. The standard InChI is InChI=1S/C19H19ClN8O3/c1-21-18(29)15-11(7-14(20)26-27-15)25-17-16(31-4)10(5-6-22-17)12-8-24-13(9-23-12)19(30)28(2)3/h5-9H,1-4H3,(H,21,29)(H,22,25,26). The van der Waals surface area contributed by atoms with Gasteiger partial charge in [-0.05, 0) is 6.07 Å². The van der Waals surface area contributed by atoms with Crippen LogP contribution in [0.3, 0.4) is 0 Å². The molecule has 0 fully saturated rings. The van der Waals surface area contributed by atoms with Gasteiger partial charge in [0.25, 0.3) is 11.8 Å². The first kappa shape index (κ1) is 21.8. The molecule has 0 saturated carbocycles. The van der Waals surface area contributed by atoms with Crippen LogP contribution in [0, 0.1) is 0 Å². The number of pyridine rings is 1. The summed E-state index contributed by atoms with van der Waals surface area (Å²) in [7, 11) is 6.22. The largest absolute Gasteiger partial charge is 0.492 e. The third kappa shape index (κ3) is 4.67. The molecule has 3 aromatic heterocycles. The van der Waals surface area contributed by atoms with Crippen LogP contribution in [0.15, 0.2) is 30.7 Å². The van der Waals surface area contributed by atoms with Gasteiger partial charge in [-0.1, -0.05) is 11.6 Å². The van der Waals surface area contributed by atoms with Crippen molar-refractivity contribution in [2.45, 2.75) is 0 Å². The molecule has 0 saturated heterocycles. The molecule has 31 heavy (non-hydrogen) atoms. The summed E-state index contributed by atoms with van der Waals surface area (Å²) in [4.78, 5) is 38.4. The van der Waals surface area contributed by atoms with E-state index in [1.54, 1.807) is 20.2 Å². The van der Waals surface area contributed by atoms with Crippen LogP contribution in [0.4, 0.5) is 11.5 Å². The lowest BCUT2D eigenvalue weighted by molar-refractivity contribution is 0.0821. The van der Waals surface area contributed by atoms with Crippen LogP contribution in [0.2, 0.25) is 5.15 Å². The van der Waals surface area contributed by atoms with Crippen molar-refractivity contribution in [1.29, 1.82) is 0 Å². The van der Waals surface area contributed by atoms with Crippen LogP contribution < -0.4 is 15.4 Å². The van der Waals surface area contributed by atoms with E-state index in [-0.39, 0.29) is 22.4 Å². The van der Waals surface area contributed by atoms with Gasteiger partial charge < -0.3 is 20.3 Å². The Morgan fingerprint density at radius 1 is 1.13 bits per heavy atom. The molecule has 0 atom stereocenters. The number of anilines is 2. The van der Waals surface area contributed by atoms with Gasteiger partial charge in [-0.25, -0.2) is 9.97 Å². The molecule has 11 nitrogen and oxygen atoms in total. The van der Waals surface area contributed by atoms with Gasteiger partial charge in [0.15, 0.2) is 22.4 Å². The molecule has 3 heterocycles. The van der Waals surface area contributed by atoms with E-state index >= 15 is 0 Å². The van der Waals surface area contributed by atoms with E-state index in [0.29, 0.717) is 28.5 Å². The average Bonchev–Trinajstić information content (AvgIpc) is 2.78. The zero-order chi connectivity index (χ0) is 22.5. The van der Waals surface area contributed by atoms with Gasteiger partial charge >= 0.3 is 0 Å². The second-order valence-electron chi connectivity index (χ2n) is 6.36. The van der Waals surface area contributed by atoms with Gasteiger partial charge in [-0.2, -0.15) is 0 Å². The van der Waals surface area contributed by atoms with Crippen molar-refractivity contribution < 1.29 is 14.3 Å². The first-order valence-electron chi connectivity index (χ1n) is 8.95. The number of carbonyl (C=O) groups is 2. The van der Waals surface area contributed by atoms with E-state index in [2.05, 4.69) is 35.8 Å². The minimum atomic E-state index is -0.450. The van der Waals surface area contributed by atoms with E-state index in [1.807, 2.05) is 0 Å². The maximum atomic E-state index is 12.1. The van der Waals surface area contributed by atoms with E-state index in [0.717, 1.165) is 0 Å². The van der Waals surface area contributed by atoms with Crippen molar-refractivity contribution >= 4 is 34.9 Å². The number of hydrogen-bond acceptors (Lipinski definition) is 9. The van der Waals surface area contributed by atoms with Gasteiger partial charge in [0.05, 0.1) is 30.9 Å². The summed E-state index contributed by atoms with van der Waals surface area (Å²) in [5.41, 5.74) is 1.58. The third-order valence-corrected chi connectivity index (χ3v) is 4.31. The lowest BCUT2D eigenvalue weighted by atomic mass is 10.1. The number of nitrogens with zero attached hydrogens (tertiary/aromatic N) is 6. The summed E-state index contributed by atoms with van der Waals surface area (Å²) in [5, 5.41) is 13.1. The minimum absolute atomic E-state index is 0.0347. The number of rotatable bonds is 6. The molecule has 2 N–H and O–H groups in total. The average molecular weight is 443 g/mol. The number of aromatic nitrogens is 5. The third-order valence-electron chi connectivity index (χ3n) is 4.12. The molecule has 12 heteroatoms. The molecule has 0 bridgehead atoms. The van der Waals surface area contributed by atoms with Crippen molar-refractivity contribution in [3.8, 4) is 17.0 Å². The number of methoxy groups -OCH3 is 1. The van der Waals surface area contributed by atoms with Crippen molar-refractivity contribution in [2.75, 3.05) is 33.6 Å². The Morgan fingerprint density at radius 3 is 2.52 bits per heavy atom. The first-order chi connectivity index (χ1) is 14.8. The van der Waals surface area contributed by atoms with E-state index < -0.39 is 5.91 Å². The highest BCUT2D eigenvalue weighted by Crippen LogP contribution is 2.35. The summed E-state index contributed by atoms with van der Waals surface area (Å²) in [6.45, 7) is 0. The zero-order valence-corrected chi connectivity index (χ0v) is 17.9. The van der Waals surface area contributed by atoms with Crippen LogP contribution >= 0.6 is 11.6 Å². The Bertz CT molecular complexity index is 1120. The molecule has 2 amide bonds. The maximum Gasteiger partial charge on any atom is 0.273 e.